The number of nitrogens with zero attached hydrogens (tertiary/aromatic N) is 1. The maximum absolute atomic E-state index is 9.97. The fourth-order valence-electron chi connectivity index (χ4n) is 1.60. The second-order valence-corrected chi connectivity index (χ2v) is 4.30. The number of halogens is 1. The van der Waals surface area contributed by atoms with E-state index in [1.807, 2.05) is 30.3 Å². The number of aliphatic hydroxyl groups is 1. The molecule has 0 aliphatic rings. The molecule has 1 aromatic carbocycles. The molecule has 4 N–H and O–H groups in total. The maximum Gasteiger partial charge on any atom is 0.133 e. The van der Waals surface area contributed by atoms with Crippen LogP contribution in [0.25, 0.3) is 0 Å². The number of aliphatic hydroxyl groups excluding tert-OH is 1. The molecule has 1 aromatic heterocycles. The van der Waals surface area contributed by atoms with Gasteiger partial charge in [-0.15, -0.1) is 0 Å². The molecule has 1 heterocycles. The van der Waals surface area contributed by atoms with Crippen molar-refractivity contribution in [3.05, 3.63) is 53.2 Å². The van der Waals surface area contributed by atoms with Crippen molar-refractivity contribution in [3.63, 3.8) is 0 Å². The number of hydrogen-bond acceptors (Lipinski definition) is 4. The molecule has 1 unspecified atom stereocenters. The lowest BCUT2D eigenvalue weighted by Gasteiger charge is -2.13. The third kappa shape index (κ3) is 3.35. The first-order chi connectivity index (χ1) is 8.65. The average Bonchev–Trinajstić information content (AvgIpc) is 2.36. The molecule has 0 amide bonds. The SMILES string of the molecule is Nc1cc(Cl)nc(NCC(O)c2ccccc2)c1. The van der Waals surface area contributed by atoms with Crippen LogP contribution in [0.5, 0.6) is 0 Å². The number of benzene rings is 1. The molecule has 2 aromatic rings. The van der Waals surface area contributed by atoms with E-state index in [1.165, 1.54) is 0 Å². The molecule has 1 atom stereocenters. The second-order valence-electron chi connectivity index (χ2n) is 3.92. The van der Waals surface area contributed by atoms with E-state index in [4.69, 9.17) is 17.3 Å². The van der Waals surface area contributed by atoms with E-state index in [9.17, 15) is 5.11 Å². The first kappa shape index (κ1) is 12.7. The predicted molar refractivity (Wildman–Crippen MR) is 73.6 cm³/mol. The summed E-state index contributed by atoms with van der Waals surface area (Å²) in [6.45, 7) is 0.344. The van der Waals surface area contributed by atoms with Crippen molar-refractivity contribution in [1.29, 1.82) is 0 Å². The van der Waals surface area contributed by atoms with Crippen LogP contribution < -0.4 is 11.1 Å². The molecule has 0 radical (unpaired) electrons. The highest BCUT2D eigenvalue weighted by atomic mass is 35.5. The van der Waals surface area contributed by atoms with Crippen molar-refractivity contribution in [2.24, 2.45) is 0 Å². The Bertz CT molecular complexity index is 499. The monoisotopic (exact) mass is 263 g/mol. The molecule has 18 heavy (non-hydrogen) atoms. The van der Waals surface area contributed by atoms with Crippen LogP contribution in [0.1, 0.15) is 11.7 Å². The maximum atomic E-state index is 9.97. The quantitative estimate of drug-likeness (QED) is 0.741. The molecule has 0 spiro atoms. The highest BCUT2D eigenvalue weighted by Crippen LogP contribution is 2.17. The minimum Gasteiger partial charge on any atom is -0.399 e. The van der Waals surface area contributed by atoms with Crippen molar-refractivity contribution < 1.29 is 5.11 Å². The van der Waals surface area contributed by atoms with Crippen LogP contribution in [0.3, 0.4) is 0 Å². The fourth-order valence-corrected chi connectivity index (χ4v) is 1.82. The molecule has 5 heteroatoms. The van der Waals surface area contributed by atoms with Crippen LogP contribution in [-0.4, -0.2) is 16.6 Å². The van der Waals surface area contributed by atoms with Crippen molar-refractivity contribution in [2.45, 2.75) is 6.10 Å². The molecule has 0 aliphatic heterocycles. The Kier molecular flexibility index (Phi) is 4.02. The molecule has 0 saturated heterocycles. The van der Waals surface area contributed by atoms with Gasteiger partial charge in [0.1, 0.15) is 11.0 Å². The number of nitrogens with one attached hydrogen (secondary N) is 1. The van der Waals surface area contributed by atoms with Gasteiger partial charge in [0, 0.05) is 18.3 Å². The Balaban J connectivity index is 1.99. The summed E-state index contributed by atoms with van der Waals surface area (Å²) in [6.07, 6.45) is -0.604. The highest BCUT2D eigenvalue weighted by Gasteiger charge is 2.07. The van der Waals surface area contributed by atoms with Gasteiger partial charge >= 0.3 is 0 Å². The molecule has 0 bridgehead atoms. The van der Waals surface area contributed by atoms with Gasteiger partial charge in [-0.25, -0.2) is 4.98 Å². The third-order valence-corrected chi connectivity index (χ3v) is 2.67. The van der Waals surface area contributed by atoms with E-state index < -0.39 is 6.10 Å². The van der Waals surface area contributed by atoms with Crippen molar-refractivity contribution >= 4 is 23.1 Å². The molecule has 94 valence electrons. The van der Waals surface area contributed by atoms with E-state index in [1.54, 1.807) is 12.1 Å². The van der Waals surface area contributed by atoms with Gasteiger partial charge in [-0.1, -0.05) is 41.9 Å². The summed E-state index contributed by atoms with van der Waals surface area (Å²) in [6, 6.07) is 12.6. The Morgan fingerprint density at radius 3 is 2.67 bits per heavy atom. The number of hydrogen-bond donors (Lipinski definition) is 3. The average molecular weight is 264 g/mol. The topological polar surface area (TPSA) is 71.2 Å². The standard InChI is InChI=1S/C13H14ClN3O/c14-12-6-10(15)7-13(17-12)16-8-11(18)9-4-2-1-3-5-9/h1-7,11,18H,8H2,(H3,15,16,17). The molecule has 0 aliphatic carbocycles. The number of pyridine rings is 1. The number of aromatic nitrogens is 1. The van der Waals surface area contributed by atoms with Crippen molar-refractivity contribution in [3.8, 4) is 0 Å². The van der Waals surface area contributed by atoms with Crippen molar-refractivity contribution in [2.75, 3.05) is 17.6 Å². The van der Waals surface area contributed by atoms with Crippen LogP contribution in [0, 0.1) is 0 Å². The summed E-state index contributed by atoms with van der Waals surface area (Å²) in [5.41, 5.74) is 7.03. The van der Waals surface area contributed by atoms with Gasteiger partial charge < -0.3 is 16.2 Å². The van der Waals surface area contributed by atoms with E-state index >= 15 is 0 Å². The van der Waals surface area contributed by atoms with Crippen molar-refractivity contribution in [1.82, 2.24) is 4.98 Å². The largest absolute Gasteiger partial charge is 0.399 e. The first-order valence-corrected chi connectivity index (χ1v) is 5.93. The summed E-state index contributed by atoms with van der Waals surface area (Å²) in [5, 5.41) is 13.3. The minimum absolute atomic E-state index is 0.326. The normalized spacial score (nSPS) is 12.1. The van der Waals surface area contributed by atoms with E-state index in [0.29, 0.717) is 23.2 Å². The lowest BCUT2D eigenvalue weighted by Crippen LogP contribution is -2.13. The Hall–Kier alpha value is -1.78. The molecule has 2 rings (SSSR count). The Labute approximate surface area is 110 Å². The minimum atomic E-state index is -0.604. The van der Waals surface area contributed by atoms with Gasteiger partial charge in [0.25, 0.3) is 0 Å². The number of anilines is 2. The molecule has 0 fully saturated rings. The summed E-state index contributed by atoms with van der Waals surface area (Å²) >= 11 is 5.79. The zero-order valence-corrected chi connectivity index (χ0v) is 10.4. The number of nitrogen functional groups attached to an aromatic ring is 1. The fraction of sp³-hybridized carbons (Fsp3) is 0.154. The van der Waals surface area contributed by atoms with Gasteiger partial charge in [0.2, 0.25) is 0 Å². The van der Waals surface area contributed by atoms with Gasteiger partial charge in [-0.2, -0.15) is 0 Å². The lowest BCUT2D eigenvalue weighted by atomic mass is 10.1. The summed E-state index contributed by atoms with van der Waals surface area (Å²) in [4.78, 5) is 4.06. The Morgan fingerprint density at radius 1 is 1.28 bits per heavy atom. The van der Waals surface area contributed by atoms with E-state index in [2.05, 4.69) is 10.3 Å². The van der Waals surface area contributed by atoms with Gasteiger partial charge in [0.15, 0.2) is 0 Å². The van der Waals surface area contributed by atoms with Crippen LogP contribution in [-0.2, 0) is 0 Å². The van der Waals surface area contributed by atoms with Gasteiger partial charge in [-0.3, -0.25) is 0 Å². The van der Waals surface area contributed by atoms with Crippen LogP contribution in [0.15, 0.2) is 42.5 Å². The first-order valence-electron chi connectivity index (χ1n) is 5.55. The second kappa shape index (κ2) is 5.71. The van der Waals surface area contributed by atoms with Crippen LogP contribution >= 0.6 is 11.6 Å². The van der Waals surface area contributed by atoms with Gasteiger partial charge in [0.05, 0.1) is 6.10 Å². The van der Waals surface area contributed by atoms with E-state index in [-0.39, 0.29) is 0 Å². The number of rotatable bonds is 4. The molecular weight excluding hydrogens is 250 g/mol. The molecular formula is C13H14ClN3O. The zero-order valence-electron chi connectivity index (χ0n) is 9.68. The predicted octanol–water partition coefficient (Wildman–Crippen LogP) is 2.46. The zero-order chi connectivity index (χ0) is 13.0. The van der Waals surface area contributed by atoms with Crippen LogP contribution in [0.4, 0.5) is 11.5 Å². The third-order valence-electron chi connectivity index (χ3n) is 2.48. The number of nitrogens with two attached hydrogens (primary N) is 1. The molecule has 4 nitrogen and oxygen atoms in total. The van der Waals surface area contributed by atoms with E-state index in [0.717, 1.165) is 5.56 Å². The summed E-state index contributed by atoms with van der Waals surface area (Å²) in [5.74, 6) is 0.551. The van der Waals surface area contributed by atoms with Crippen LogP contribution in [0.2, 0.25) is 5.15 Å². The smallest absolute Gasteiger partial charge is 0.133 e. The Morgan fingerprint density at radius 2 is 2.00 bits per heavy atom. The highest BCUT2D eigenvalue weighted by molar-refractivity contribution is 6.29. The van der Waals surface area contributed by atoms with Gasteiger partial charge in [-0.05, 0) is 11.6 Å². The lowest BCUT2D eigenvalue weighted by molar-refractivity contribution is 0.191. The molecule has 0 saturated carbocycles. The summed E-state index contributed by atoms with van der Waals surface area (Å²) < 4.78 is 0. The summed E-state index contributed by atoms with van der Waals surface area (Å²) in [7, 11) is 0.